The Morgan fingerprint density at radius 3 is 2.58 bits per heavy atom. The highest BCUT2D eigenvalue weighted by atomic mass is 79.9. The van der Waals surface area contributed by atoms with Gasteiger partial charge in [-0.25, -0.2) is 0 Å². The second-order valence-electron chi connectivity index (χ2n) is 4.88. The van der Waals surface area contributed by atoms with Gasteiger partial charge in [0.2, 0.25) is 5.91 Å². The Bertz CT molecular complexity index is 392. The van der Waals surface area contributed by atoms with E-state index in [0.717, 1.165) is 22.9 Å². The molecule has 2 N–H and O–H groups in total. The molecule has 0 aliphatic heterocycles. The number of nitrogens with one attached hydrogen (secondary N) is 1. The van der Waals surface area contributed by atoms with Crippen molar-refractivity contribution < 1.29 is 9.90 Å². The van der Waals surface area contributed by atoms with Gasteiger partial charge in [-0.05, 0) is 30.0 Å². The van der Waals surface area contributed by atoms with Crippen molar-refractivity contribution in [2.45, 2.75) is 39.2 Å². The molecule has 0 bridgehead atoms. The van der Waals surface area contributed by atoms with E-state index in [4.69, 9.17) is 0 Å². The number of carbonyl (C=O) groups is 1. The maximum atomic E-state index is 11.7. The minimum absolute atomic E-state index is 0.00901. The highest BCUT2D eigenvalue weighted by molar-refractivity contribution is 9.10. The molecule has 0 heterocycles. The van der Waals surface area contributed by atoms with Crippen LogP contribution in [0.4, 0.5) is 0 Å². The molecule has 19 heavy (non-hydrogen) atoms. The first kappa shape index (κ1) is 16.2. The van der Waals surface area contributed by atoms with Crippen LogP contribution in [0.15, 0.2) is 28.7 Å². The summed E-state index contributed by atoms with van der Waals surface area (Å²) < 4.78 is 1.04. The van der Waals surface area contributed by atoms with E-state index >= 15 is 0 Å². The lowest BCUT2D eigenvalue weighted by Crippen LogP contribution is -2.35. The summed E-state index contributed by atoms with van der Waals surface area (Å²) in [5.74, 6) is 0.206. The lowest BCUT2D eigenvalue weighted by atomic mass is 10.0. The summed E-state index contributed by atoms with van der Waals surface area (Å²) in [5.41, 5.74) is 1.14. The Hall–Kier alpha value is -0.870. The van der Waals surface area contributed by atoms with Crippen LogP contribution in [0.1, 0.15) is 32.3 Å². The molecule has 1 aromatic carbocycles. The third-order valence-electron chi connectivity index (χ3n) is 3.36. The number of aliphatic hydroxyl groups excluding tert-OH is 1. The topological polar surface area (TPSA) is 49.3 Å². The summed E-state index contributed by atoms with van der Waals surface area (Å²) in [6, 6.07) is 7.95. The van der Waals surface area contributed by atoms with Crippen molar-refractivity contribution in [1.29, 1.82) is 0 Å². The lowest BCUT2D eigenvalue weighted by Gasteiger charge is -2.17. The number of amides is 1. The molecule has 0 aliphatic rings. The van der Waals surface area contributed by atoms with Crippen LogP contribution in [0, 0.1) is 5.92 Å². The monoisotopic (exact) mass is 327 g/mol. The van der Waals surface area contributed by atoms with Gasteiger partial charge in [-0.2, -0.15) is 0 Å². The number of hydrogen-bond donors (Lipinski definition) is 2. The Labute approximate surface area is 123 Å². The van der Waals surface area contributed by atoms with Crippen molar-refractivity contribution in [3.8, 4) is 0 Å². The molecular weight excluding hydrogens is 306 g/mol. The number of carbonyl (C=O) groups excluding carboxylic acids is 1. The van der Waals surface area contributed by atoms with Gasteiger partial charge in [0.25, 0.3) is 0 Å². The molecule has 2 atom stereocenters. The van der Waals surface area contributed by atoms with E-state index in [1.54, 1.807) is 0 Å². The van der Waals surface area contributed by atoms with Crippen molar-refractivity contribution >= 4 is 21.8 Å². The number of rotatable bonds is 7. The quantitative estimate of drug-likeness (QED) is 0.809. The van der Waals surface area contributed by atoms with Crippen LogP contribution in [0.3, 0.4) is 0 Å². The molecule has 0 radical (unpaired) electrons. The van der Waals surface area contributed by atoms with Crippen LogP contribution >= 0.6 is 15.9 Å². The second-order valence-corrected chi connectivity index (χ2v) is 5.80. The molecule has 4 heteroatoms. The molecule has 1 amide bonds. The highest BCUT2D eigenvalue weighted by Crippen LogP contribution is 2.11. The van der Waals surface area contributed by atoms with Gasteiger partial charge in [0.15, 0.2) is 0 Å². The predicted molar refractivity (Wildman–Crippen MR) is 80.9 cm³/mol. The van der Waals surface area contributed by atoms with E-state index in [9.17, 15) is 9.90 Å². The van der Waals surface area contributed by atoms with E-state index in [1.165, 1.54) is 0 Å². The van der Waals surface area contributed by atoms with Crippen molar-refractivity contribution in [2.24, 2.45) is 5.92 Å². The number of halogens is 1. The number of benzene rings is 1. The summed E-state index contributed by atoms with van der Waals surface area (Å²) in [6.45, 7) is 4.36. The molecule has 0 saturated carbocycles. The Morgan fingerprint density at radius 1 is 1.37 bits per heavy atom. The molecule has 0 saturated heterocycles. The third kappa shape index (κ3) is 6.21. The standard InChI is InChI=1S/C15H22BrNO2/c1-3-11(2)14(18)10-17-15(19)9-6-12-4-7-13(16)8-5-12/h4-5,7-8,11,14,18H,3,6,9-10H2,1-2H3,(H,17,19). The van der Waals surface area contributed by atoms with Crippen molar-refractivity contribution in [3.63, 3.8) is 0 Å². The summed E-state index contributed by atoms with van der Waals surface area (Å²) in [5, 5.41) is 12.5. The average Bonchev–Trinajstić information content (AvgIpc) is 2.43. The molecule has 1 aromatic rings. The second kappa shape index (κ2) is 8.33. The first-order chi connectivity index (χ1) is 9.02. The zero-order valence-corrected chi connectivity index (χ0v) is 13.1. The normalized spacial score (nSPS) is 13.9. The molecule has 0 spiro atoms. The van der Waals surface area contributed by atoms with Gasteiger partial charge in [0, 0.05) is 17.4 Å². The van der Waals surface area contributed by atoms with Crippen LogP contribution in [-0.2, 0) is 11.2 Å². The molecule has 0 aromatic heterocycles. The van der Waals surface area contributed by atoms with Gasteiger partial charge < -0.3 is 10.4 Å². The Morgan fingerprint density at radius 2 is 2.00 bits per heavy atom. The van der Waals surface area contributed by atoms with Crippen molar-refractivity contribution in [2.75, 3.05) is 6.54 Å². The molecule has 3 nitrogen and oxygen atoms in total. The minimum atomic E-state index is -0.457. The summed E-state index contributed by atoms with van der Waals surface area (Å²) in [6.07, 6.45) is 1.63. The zero-order chi connectivity index (χ0) is 14.3. The predicted octanol–water partition coefficient (Wildman–Crippen LogP) is 2.90. The lowest BCUT2D eigenvalue weighted by molar-refractivity contribution is -0.121. The van der Waals surface area contributed by atoms with Crippen molar-refractivity contribution in [3.05, 3.63) is 34.3 Å². The minimum Gasteiger partial charge on any atom is -0.391 e. The highest BCUT2D eigenvalue weighted by Gasteiger charge is 2.13. The fourth-order valence-electron chi connectivity index (χ4n) is 1.69. The van der Waals surface area contributed by atoms with Gasteiger partial charge >= 0.3 is 0 Å². The number of aliphatic hydroxyl groups is 1. The van der Waals surface area contributed by atoms with E-state index in [2.05, 4.69) is 21.2 Å². The smallest absolute Gasteiger partial charge is 0.220 e. The number of hydrogen-bond acceptors (Lipinski definition) is 2. The molecule has 106 valence electrons. The first-order valence-electron chi connectivity index (χ1n) is 6.72. The van der Waals surface area contributed by atoms with Gasteiger partial charge in [-0.3, -0.25) is 4.79 Å². The third-order valence-corrected chi connectivity index (χ3v) is 3.89. The molecular formula is C15H22BrNO2. The molecule has 0 aliphatic carbocycles. The van der Waals surface area contributed by atoms with E-state index in [1.807, 2.05) is 38.1 Å². The van der Waals surface area contributed by atoms with Crippen LogP contribution in [0.2, 0.25) is 0 Å². The average molecular weight is 328 g/mol. The van der Waals surface area contributed by atoms with Crippen molar-refractivity contribution in [1.82, 2.24) is 5.32 Å². The zero-order valence-electron chi connectivity index (χ0n) is 11.5. The van der Waals surface area contributed by atoms with Crippen LogP contribution in [-0.4, -0.2) is 23.7 Å². The Kier molecular flexibility index (Phi) is 7.10. The maximum Gasteiger partial charge on any atom is 0.220 e. The number of aryl methyl sites for hydroxylation is 1. The van der Waals surface area contributed by atoms with Gasteiger partial charge in [-0.1, -0.05) is 48.3 Å². The van der Waals surface area contributed by atoms with Crippen LogP contribution in [0.5, 0.6) is 0 Å². The van der Waals surface area contributed by atoms with Gasteiger partial charge in [0.1, 0.15) is 0 Å². The SMILES string of the molecule is CCC(C)C(O)CNC(=O)CCc1ccc(Br)cc1. The molecule has 2 unspecified atom stereocenters. The van der Waals surface area contributed by atoms with Crippen LogP contribution in [0.25, 0.3) is 0 Å². The largest absolute Gasteiger partial charge is 0.391 e. The Balaban J connectivity index is 2.26. The fraction of sp³-hybridized carbons (Fsp3) is 0.533. The summed E-state index contributed by atoms with van der Waals surface area (Å²) >= 11 is 3.38. The van der Waals surface area contributed by atoms with E-state index in [0.29, 0.717) is 13.0 Å². The van der Waals surface area contributed by atoms with Gasteiger partial charge in [0.05, 0.1) is 6.10 Å². The molecule has 0 fully saturated rings. The van der Waals surface area contributed by atoms with Crippen LogP contribution < -0.4 is 5.32 Å². The van der Waals surface area contributed by atoms with Gasteiger partial charge in [-0.15, -0.1) is 0 Å². The fourth-order valence-corrected chi connectivity index (χ4v) is 1.95. The van der Waals surface area contributed by atoms with E-state index in [-0.39, 0.29) is 11.8 Å². The summed E-state index contributed by atoms with van der Waals surface area (Å²) in [4.78, 5) is 11.7. The van der Waals surface area contributed by atoms with E-state index < -0.39 is 6.10 Å². The maximum absolute atomic E-state index is 11.7. The molecule has 1 rings (SSSR count). The first-order valence-corrected chi connectivity index (χ1v) is 7.51. The summed E-state index contributed by atoms with van der Waals surface area (Å²) in [7, 11) is 0.